The summed E-state index contributed by atoms with van der Waals surface area (Å²) >= 11 is 0. The molecule has 5 nitrogen and oxygen atoms in total. The maximum atomic E-state index is 11.8. The number of imidazole rings is 1. The molecular formula is C103H88N4OPtSi2-2. The first kappa shape index (κ1) is 39.4. The summed E-state index contributed by atoms with van der Waals surface area (Å²) in [6.07, 6.45) is 4.52. The molecule has 0 aliphatic rings. The van der Waals surface area contributed by atoms with E-state index in [9.17, 15) is 42.5 Å². The van der Waals surface area contributed by atoms with Crippen LogP contribution in [0.15, 0.2) is 351 Å². The molecule has 0 N–H and O–H groups in total. The molecule has 0 spiro atoms. The Hall–Kier alpha value is -11.6. The molecule has 0 unspecified atom stereocenters. The summed E-state index contributed by atoms with van der Waals surface area (Å²) in [6, 6.07) is -12.1. The van der Waals surface area contributed by atoms with Crippen LogP contribution in [0.2, 0.25) is 0 Å². The van der Waals surface area contributed by atoms with Crippen LogP contribution < -0.4 is 50.8 Å². The molecule has 3 heterocycles. The van der Waals surface area contributed by atoms with E-state index in [0.29, 0.717) is 27.4 Å². The van der Waals surface area contributed by atoms with E-state index in [1.807, 2.05) is 53.7 Å². The molecule has 17 aromatic rings. The van der Waals surface area contributed by atoms with E-state index >= 15 is 0 Å². The fourth-order valence-electron chi connectivity index (χ4n) is 14.0. The molecule has 0 fully saturated rings. The van der Waals surface area contributed by atoms with Gasteiger partial charge in [-0.25, -0.2) is 4.98 Å². The first-order valence-electron chi connectivity index (χ1n) is 55.9. The Kier molecular flexibility index (Phi) is 10.5. The number of para-hydroxylation sites is 1. The average Bonchev–Trinajstić information content (AvgIpc) is 1.28. The first-order chi connectivity index (χ1) is 70.7. The van der Waals surface area contributed by atoms with Gasteiger partial charge in [0, 0.05) is 54.0 Å². The van der Waals surface area contributed by atoms with E-state index < -0.39 is 344 Å². The zero-order valence-electron chi connectivity index (χ0n) is 103. The second-order valence-electron chi connectivity index (χ2n) is 29.2. The number of benzene rings is 14. The van der Waals surface area contributed by atoms with Crippen LogP contribution in [-0.4, -0.2) is 30.3 Å². The topological polar surface area (TPSA) is 35.9 Å². The number of ether oxygens (including phenoxy) is 1. The van der Waals surface area contributed by atoms with E-state index in [2.05, 4.69) is 24.5 Å². The summed E-state index contributed by atoms with van der Waals surface area (Å²) in [7, 11) is -13.8. The standard InChI is InChI=1S/C103H88N4OSi2.Pt/c1-72-60-99(104-70-93(72)73-36-18-11-19-37-73)107-94-55-33-32-54-90(94)91-58-57-82(69-96(91)107)108-81-40-35-39-80(68-81)105-71-106(95-59-56-74(64-97(95)105)76-61-77(101(2,3)4)65-78(62-76)102(5,6)7)100-92(75-38-34-53-89(63-75)109(83-41-20-12-21-42-83,84-43-22-13-23-44-84)85-45-24-14-25-46-85)66-79(103(8,9)10)67-98(100)110(86-47-26-15-27-48-86,87-49-28-16-29-50-87)88-51-30-17-31-52-88;/h11-67,70H,1-10H3;/q-2;/i1D3,11D,12D,13D,14D,15D,16D,17D,18D,19D,20D,21D,22D,23D,24D,25D,26D,27D,28D,29D,30D,31D,34D,36D,37D,38D,41D,42D,43D,44D,45D,46D,47D,48D,49D,50D,51D,52D,53D,63D;. The van der Waals surface area contributed by atoms with Gasteiger partial charge in [-0.15, -0.1) is 29.7 Å². The molecule has 546 valence electrons. The summed E-state index contributed by atoms with van der Waals surface area (Å²) < 4.78 is 421. The van der Waals surface area contributed by atoms with Crippen LogP contribution in [-0.2, 0) is 37.3 Å². The number of nitrogens with zero attached hydrogens (tertiary/aromatic N) is 4. The van der Waals surface area contributed by atoms with Crippen LogP contribution in [0.4, 0.5) is 0 Å². The maximum absolute atomic E-state index is 11.8. The largest absolute Gasteiger partial charge is 0.510 e. The van der Waals surface area contributed by atoms with E-state index in [1.165, 1.54) is 47.0 Å². The van der Waals surface area contributed by atoms with Gasteiger partial charge in [0.2, 0.25) is 0 Å². The number of hydrogen-bond donors (Lipinski definition) is 0. The van der Waals surface area contributed by atoms with Gasteiger partial charge in [0.05, 0.1) is 70.2 Å². The van der Waals surface area contributed by atoms with Crippen molar-refractivity contribution in [3.05, 3.63) is 392 Å². The van der Waals surface area contributed by atoms with Crippen molar-refractivity contribution in [1.29, 1.82) is 0 Å². The monoisotopic (exact) mass is 1690 g/mol. The molecule has 0 aliphatic heterocycles. The van der Waals surface area contributed by atoms with Crippen LogP contribution >= 0.6 is 0 Å². The molecule has 0 atom stereocenters. The van der Waals surface area contributed by atoms with Gasteiger partial charge in [-0.05, 0) is 144 Å². The van der Waals surface area contributed by atoms with Gasteiger partial charge in [-0.1, -0.05) is 364 Å². The number of fused-ring (bicyclic) bond motifs is 4. The molecule has 0 amide bonds. The second kappa shape index (κ2) is 29.7. The zero-order chi connectivity index (χ0) is 112. The van der Waals surface area contributed by atoms with Gasteiger partial charge in [-0.3, -0.25) is 4.57 Å². The molecular weight excluding hydrogens is 1560 g/mol. The molecule has 0 bridgehead atoms. The maximum Gasteiger partial charge on any atom is 0.268 e. The third-order valence-electron chi connectivity index (χ3n) is 19.4. The molecule has 0 aliphatic carbocycles. The van der Waals surface area contributed by atoms with Crippen molar-refractivity contribution in [3.8, 4) is 62.1 Å². The van der Waals surface area contributed by atoms with Crippen molar-refractivity contribution >= 4 is 90.5 Å². The first-order valence-corrected chi connectivity index (χ1v) is 38.9. The van der Waals surface area contributed by atoms with Crippen molar-refractivity contribution in [2.45, 2.75) is 85.4 Å². The quantitative estimate of drug-likeness (QED) is 0.0418. The molecule has 0 saturated heterocycles. The van der Waals surface area contributed by atoms with E-state index in [0.717, 1.165) is 21.9 Å². The van der Waals surface area contributed by atoms with Crippen molar-refractivity contribution in [2.75, 3.05) is 0 Å². The van der Waals surface area contributed by atoms with Crippen LogP contribution in [0.25, 0.3) is 83.4 Å². The van der Waals surface area contributed by atoms with Crippen molar-refractivity contribution < 1.29 is 87.9 Å². The van der Waals surface area contributed by atoms with Gasteiger partial charge >= 0.3 is 0 Å². The minimum Gasteiger partial charge on any atom is -0.510 e. The van der Waals surface area contributed by atoms with Crippen molar-refractivity contribution in [1.82, 2.24) is 14.1 Å². The number of aromatic nitrogens is 4. The second-order valence-corrected chi connectivity index (χ2v) is 36.3. The summed E-state index contributed by atoms with van der Waals surface area (Å²) in [6.45, 7) is 13.6. The molecule has 8 heteroatoms. The summed E-state index contributed by atoms with van der Waals surface area (Å²) in [5.74, 6) is -0.275. The van der Waals surface area contributed by atoms with Gasteiger partial charge in [0.15, 0.2) is 16.1 Å². The predicted molar refractivity (Wildman–Crippen MR) is 464 cm³/mol. The van der Waals surface area contributed by atoms with E-state index in [1.54, 1.807) is 73.9 Å². The Morgan fingerprint density at radius 1 is 0.414 bits per heavy atom. The number of hydrogen-bond acceptors (Lipinski definition) is 2. The van der Waals surface area contributed by atoms with Gasteiger partial charge in [0.1, 0.15) is 5.82 Å². The zero-order valence-corrected chi connectivity index (χ0v) is 65.3. The van der Waals surface area contributed by atoms with Crippen molar-refractivity contribution in [2.24, 2.45) is 0 Å². The Morgan fingerprint density at radius 2 is 0.919 bits per heavy atom. The number of rotatable bonds is 16. The SMILES string of the molecule is [2H]c1c([2H])c([2H])c(-c2cnc(-n3c4[c-]c(Oc5[c-]c(-n6[c-][n+](-c7c(-c8c([2H])c([2H])c([2H])c([Si](c9c([2H])c([2H])c([2H])c([2H])c9[2H])(c9c([2H])c([2H])c([2H])c([2H])c9[2H])c9c([2H])c([2H])c([2H])c([2H])c9[2H])c8[2H])cc(C(C)(C)C)cc7[Si](c7c([2H])c([2H])c([2H])c([2H])c7[2H])(c7c([2H])c([2H])c([2H])c([2H])c7[2H])c7c([2H])c([2H])c([2H])c([2H])c7[2H])c7ccc(-c8cc(C(C)(C)C)cc(C(C)(C)C)c8)cc76)ccc5)ccc4c4ccccc43)cc2C([2H])([2H])[2H])c([2H])c1[2H].[Pt]. The number of aryl methyl sites for hydroxylation is 1. The van der Waals surface area contributed by atoms with Gasteiger partial charge in [-0.2, -0.15) is 18.2 Å². The minimum atomic E-state index is -6.92. The average molecular weight is 1690 g/mol. The minimum absolute atomic E-state index is 0. The summed E-state index contributed by atoms with van der Waals surface area (Å²) in [4.78, 5) is 4.73. The van der Waals surface area contributed by atoms with E-state index in [-0.39, 0.29) is 71.7 Å². The molecule has 111 heavy (non-hydrogen) atoms. The van der Waals surface area contributed by atoms with Crippen molar-refractivity contribution in [3.63, 3.8) is 0 Å². The van der Waals surface area contributed by atoms with Crippen LogP contribution in [0.3, 0.4) is 0 Å². The van der Waals surface area contributed by atoms with Crippen LogP contribution in [0.1, 0.15) is 142 Å². The Morgan fingerprint density at radius 3 is 1.47 bits per heavy atom. The Bertz CT molecular complexity index is 8340. The molecule has 3 aromatic heterocycles. The Labute approximate surface area is 729 Å². The number of pyridine rings is 1. The predicted octanol–water partition coefficient (Wildman–Crippen LogP) is 19.5. The van der Waals surface area contributed by atoms with E-state index in [4.69, 9.17) is 24.8 Å². The van der Waals surface area contributed by atoms with Crippen LogP contribution in [0, 0.1) is 25.3 Å². The van der Waals surface area contributed by atoms with Gasteiger partial charge in [0.25, 0.3) is 6.33 Å². The molecule has 14 aromatic carbocycles. The molecule has 0 radical (unpaired) electrons. The third-order valence-corrected chi connectivity index (χ3v) is 27.6. The van der Waals surface area contributed by atoms with Crippen LogP contribution in [0.5, 0.6) is 11.5 Å². The third kappa shape index (κ3) is 13.5. The fourth-order valence-corrected chi connectivity index (χ4v) is 21.6. The molecule has 17 rings (SSSR count). The summed E-state index contributed by atoms with van der Waals surface area (Å²) in [5, 5.41) is -8.23. The smallest absolute Gasteiger partial charge is 0.268 e. The molecule has 0 saturated carbocycles. The normalized spacial score (nSPS) is 17.6. The summed E-state index contributed by atoms with van der Waals surface area (Å²) in [5.41, 5.74) is -3.91. The van der Waals surface area contributed by atoms with Gasteiger partial charge < -0.3 is 13.9 Å². The Balaban J connectivity index is 0.0000166. The fraction of sp³-hybridized carbons (Fsp3) is 0.126.